The fraction of sp³-hybridized carbons (Fsp3) is 0.130. The van der Waals surface area contributed by atoms with Gasteiger partial charge in [-0.1, -0.05) is 60.7 Å². The van der Waals surface area contributed by atoms with Crippen LogP contribution in [0.4, 0.5) is 5.69 Å². The van der Waals surface area contributed by atoms with Gasteiger partial charge in [-0.05, 0) is 35.4 Å². The molecule has 3 aromatic rings. The molecule has 142 valence electrons. The van der Waals surface area contributed by atoms with E-state index in [0.29, 0.717) is 12.3 Å². The van der Waals surface area contributed by atoms with Crippen LogP contribution in [-0.4, -0.2) is 23.6 Å². The largest absolute Gasteiger partial charge is 0.482 e. The summed E-state index contributed by atoms with van der Waals surface area (Å²) in [5, 5.41) is 8.74. The van der Waals surface area contributed by atoms with Gasteiger partial charge in [0.2, 0.25) is 5.91 Å². The van der Waals surface area contributed by atoms with Gasteiger partial charge < -0.3 is 14.7 Å². The minimum absolute atomic E-state index is 0.0505. The molecule has 0 heterocycles. The minimum Gasteiger partial charge on any atom is -0.482 e. The average molecular weight is 375 g/mol. The zero-order valence-electron chi connectivity index (χ0n) is 15.3. The van der Waals surface area contributed by atoms with E-state index in [1.54, 1.807) is 23.1 Å². The molecule has 5 heteroatoms. The summed E-state index contributed by atoms with van der Waals surface area (Å²) in [6.45, 7) is 0.0560. The number of rotatable bonds is 8. The molecule has 0 aromatic heterocycles. The molecule has 0 fully saturated rings. The van der Waals surface area contributed by atoms with Crippen molar-refractivity contribution in [1.29, 1.82) is 0 Å². The summed E-state index contributed by atoms with van der Waals surface area (Å²) in [6.07, 6.45) is 0.187. The van der Waals surface area contributed by atoms with Gasteiger partial charge in [-0.2, -0.15) is 0 Å². The predicted octanol–water partition coefficient (Wildman–Crippen LogP) is 3.93. The second-order valence-electron chi connectivity index (χ2n) is 6.31. The third-order valence-corrected chi connectivity index (χ3v) is 4.17. The molecule has 0 unspecified atom stereocenters. The van der Waals surface area contributed by atoms with E-state index >= 15 is 0 Å². The minimum atomic E-state index is -1.04. The molecule has 0 aliphatic carbocycles. The summed E-state index contributed by atoms with van der Waals surface area (Å²) in [5.74, 6) is -0.660. The number of carbonyl (C=O) groups excluding carboxylic acids is 1. The molecule has 0 bridgehead atoms. The Morgan fingerprint density at radius 3 is 2.14 bits per heavy atom. The van der Waals surface area contributed by atoms with Crippen LogP contribution in [0.5, 0.6) is 5.75 Å². The van der Waals surface area contributed by atoms with Crippen molar-refractivity contribution in [3.8, 4) is 5.75 Å². The Morgan fingerprint density at radius 2 is 1.46 bits per heavy atom. The number of ether oxygens (including phenoxy) is 1. The average Bonchev–Trinajstić information content (AvgIpc) is 2.72. The number of carboxylic acids is 1. The number of hydrogen-bond donors (Lipinski definition) is 1. The quantitative estimate of drug-likeness (QED) is 0.648. The van der Waals surface area contributed by atoms with E-state index in [4.69, 9.17) is 9.84 Å². The zero-order valence-corrected chi connectivity index (χ0v) is 15.3. The molecule has 1 N–H and O–H groups in total. The summed E-state index contributed by atoms with van der Waals surface area (Å²) >= 11 is 0. The summed E-state index contributed by atoms with van der Waals surface area (Å²) in [7, 11) is 0. The van der Waals surface area contributed by atoms with Crippen LogP contribution >= 0.6 is 0 Å². The van der Waals surface area contributed by atoms with Crippen molar-refractivity contribution in [3.05, 3.63) is 96.1 Å². The molecule has 3 rings (SSSR count). The monoisotopic (exact) mass is 375 g/mol. The molecule has 0 saturated heterocycles. The zero-order chi connectivity index (χ0) is 19.8. The summed E-state index contributed by atoms with van der Waals surface area (Å²) in [6, 6.07) is 26.3. The fourth-order valence-electron chi connectivity index (χ4n) is 2.86. The molecular formula is C23H21NO4. The number of para-hydroxylation sites is 1. The Morgan fingerprint density at radius 1 is 0.821 bits per heavy atom. The summed E-state index contributed by atoms with van der Waals surface area (Å²) < 4.78 is 5.21. The molecule has 0 atom stereocenters. The SMILES string of the molecule is O=C(O)COc1cccc(CC(=O)N(Cc2ccccc2)c2ccccc2)c1. The van der Waals surface area contributed by atoms with Gasteiger partial charge in [0.15, 0.2) is 6.61 Å². The van der Waals surface area contributed by atoms with Crippen molar-refractivity contribution in [2.45, 2.75) is 13.0 Å². The third-order valence-electron chi connectivity index (χ3n) is 4.17. The number of nitrogens with zero attached hydrogens (tertiary/aromatic N) is 1. The lowest BCUT2D eigenvalue weighted by molar-refractivity contribution is -0.139. The standard InChI is InChI=1S/C23H21NO4/c25-22(15-19-10-7-13-21(14-19)28-17-23(26)27)24(20-11-5-2-6-12-20)16-18-8-3-1-4-9-18/h1-14H,15-17H2,(H,26,27). The van der Waals surface area contributed by atoms with E-state index in [1.807, 2.05) is 66.7 Å². The third kappa shape index (κ3) is 5.45. The highest BCUT2D eigenvalue weighted by Crippen LogP contribution is 2.20. The van der Waals surface area contributed by atoms with Crippen molar-refractivity contribution in [3.63, 3.8) is 0 Å². The number of aliphatic carboxylic acids is 1. The van der Waals surface area contributed by atoms with Crippen molar-refractivity contribution in [1.82, 2.24) is 0 Å². The fourth-order valence-corrected chi connectivity index (χ4v) is 2.86. The van der Waals surface area contributed by atoms with E-state index in [0.717, 1.165) is 16.8 Å². The first-order valence-electron chi connectivity index (χ1n) is 8.95. The summed E-state index contributed by atoms with van der Waals surface area (Å²) in [5.41, 5.74) is 2.63. The van der Waals surface area contributed by atoms with Crippen LogP contribution in [0.1, 0.15) is 11.1 Å². The number of hydrogen-bond acceptors (Lipinski definition) is 3. The van der Waals surface area contributed by atoms with E-state index in [1.165, 1.54) is 0 Å². The van der Waals surface area contributed by atoms with Gasteiger partial charge in [0.1, 0.15) is 5.75 Å². The Labute approximate surface area is 163 Å². The Hall–Kier alpha value is -3.60. The van der Waals surface area contributed by atoms with E-state index in [9.17, 15) is 9.59 Å². The molecule has 0 radical (unpaired) electrons. The highest BCUT2D eigenvalue weighted by Gasteiger charge is 2.17. The first kappa shape index (κ1) is 19.2. The molecule has 0 spiro atoms. The van der Waals surface area contributed by atoms with Gasteiger partial charge in [-0.3, -0.25) is 4.79 Å². The van der Waals surface area contributed by atoms with E-state index in [-0.39, 0.29) is 12.3 Å². The van der Waals surface area contributed by atoms with Crippen LogP contribution < -0.4 is 9.64 Å². The first-order chi connectivity index (χ1) is 13.6. The van der Waals surface area contributed by atoms with Crippen LogP contribution in [0.2, 0.25) is 0 Å². The highest BCUT2D eigenvalue weighted by atomic mass is 16.5. The van der Waals surface area contributed by atoms with Gasteiger partial charge in [0, 0.05) is 5.69 Å². The highest BCUT2D eigenvalue weighted by molar-refractivity contribution is 5.94. The van der Waals surface area contributed by atoms with Crippen molar-refractivity contribution < 1.29 is 19.4 Å². The Balaban J connectivity index is 1.78. The van der Waals surface area contributed by atoms with Crippen LogP contribution in [0.25, 0.3) is 0 Å². The van der Waals surface area contributed by atoms with Crippen molar-refractivity contribution >= 4 is 17.6 Å². The van der Waals surface area contributed by atoms with Crippen LogP contribution in [0.3, 0.4) is 0 Å². The number of anilines is 1. The lowest BCUT2D eigenvalue weighted by Crippen LogP contribution is -2.31. The number of benzene rings is 3. The van der Waals surface area contributed by atoms with Crippen LogP contribution in [0, 0.1) is 0 Å². The molecule has 3 aromatic carbocycles. The predicted molar refractivity (Wildman–Crippen MR) is 107 cm³/mol. The first-order valence-corrected chi connectivity index (χ1v) is 8.95. The lowest BCUT2D eigenvalue weighted by Gasteiger charge is -2.23. The topological polar surface area (TPSA) is 66.8 Å². The normalized spacial score (nSPS) is 10.3. The second-order valence-corrected chi connectivity index (χ2v) is 6.31. The van der Waals surface area contributed by atoms with Gasteiger partial charge in [0.05, 0.1) is 13.0 Å². The van der Waals surface area contributed by atoms with Crippen molar-refractivity contribution in [2.75, 3.05) is 11.5 Å². The van der Waals surface area contributed by atoms with E-state index < -0.39 is 12.6 Å². The molecule has 0 saturated carbocycles. The maximum Gasteiger partial charge on any atom is 0.341 e. The molecule has 28 heavy (non-hydrogen) atoms. The smallest absolute Gasteiger partial charge is 0.341 e. The van der Waals surface area contributed by atoms with Gasteiger partial charge in [-0.15, -0.1) is 0 Å². The van der Waals surface area contributed by atoms with Gasteiger partial charge in [0.25, 0.3) is 0 Å². The molecule has 0 aliphatic heterocycles. The molecule has 5 nitrogen and oxygen atoms in total. The van der Waals surface area contributed by atoms with Crippen LogP contribution in [0.15, 0.2) is 84.9 Å². The van der Waals surface area contributed by atoms with Crippen LogP contribution in [-0.2, 0) is 22.6 Å². The maximum atomic E-state index is 13.1. The van der Waals surface area contributed by atoms with E-state index in [2.05, 4.69) is 0 Å². The number of carbonyl (C=O) groups is 2. The van der Waals surface area contributed by atoms with Gasteiger partial charge >= 0.3 is 5.97 Å². The lowest BCUT2D eigenvalue weighted by atomic mass is 10.1. The number of carboxylic acid groups (broad SMARTS) is 1. The second kappa shape index (κ2) is 9.37. The Bertz CT molecular complexity index is 926. The summed E-state index contributed by atoms with van der Waals surface area (Å²) in [4.78, 5) is 25.5. The Kier molecular flexibility index (Phi) is 6.41. The molecule has 0 aliphatic rings. The van der Waals surface area contributed by atoms with Gasteiger partial charge in [-0.25, -0.2) is 4.79 Å². The molecular weight excluding hydrogens is 354 g/mol. The number of amides is 1. The maximum absolute atomic E-state index is 13.1. The molecule has 1 amide bonds. The van der Waals surface area contributed by atoms with Crippen molar-refractivity contribution in [2.24, 2.45) is 0 Å².